The molecule has 2 atom stereocenters. The number of nitrogens with zero attached hydrogens (tertiary/aromatic N) is 4. The van der Waals surface area contributed by atoms with Gasteiger partial charge >= 0.3 is 5.76 Å². The number of H-pyrrole nitrogens is 1. The maximum atomic E-state index is 14.0. The Morgan fingerprint density at radius 3 is 2.37 bits per heavy atom. The summed E-state index contributed by atoms with van der Waals surface area (Å²) in [6, 6.07) is 16.6. The van der Waals surface area contributed by atoms with Gasteiger partial charge in [0.25, 0.3) is 5.56 Å². The van der Waals surface area contributed by atoms with Gasteiger partial charge in [0, 0.05) is 41.7 Å². The minimum Gasteiger partial charge on any atom is -0.360 e. The number of aromatic amines is 1. The summed E-state index contributed by atoms with van der Waals surface area (Å²) in [4.78, 5) is 36.2. The molecule has 214 valence electrons. The predicted molar refractivity (Wildman–Crippen MR) is 165 cm³/mol. The summed E-state index contributed by atoms with van der Waals surface area (Å²) in [6.07, 6.45) is 5.42. The molecule has 1 saturated heterocycles. The molecular weight excluding hydrogens is 534 g/mol. The van der Waals surface area contributed by atoms with E-state index in [2.05, 4.69) is 35.8 Å². The maximum Gasteiger partial charge on any atom is 0.439 e. The summed E-state index contributed by atoms with van der Waals surface area (Å²) >= 11 is 5.87. The van der Waals surface area contributed by atoms with E-state index in [1.165, 1.54) is 0 Å². The van der Waals surface area contributed by atoms with Crippen molar-refractivity contribution in [1.29, 1.82) is 0 Å². The number of nitrogens with one attached hydrogen (secondary N) is 1. The number of likely N-dealkylation sites (tertiary alicyclic amines) is 1. The summed E-state index contributed by atoms with van der Waals surface area (Å²) < 4.78 is 6.55. The molecule has 0 bridgehead atoms. The first kappa shape index (κ1) is 28.7. The van der Waals surface area contributed by atoms with Gasteiger partial charge in [-0.15, -0.1) is 0 Å². The van der Waals surface area contributed by atoms with Gasteiger partial charge in [-0.25, -0.2) is 9.78 Å². The Balaban J connectivity index is 1.45. The molecular formula is C32H37N5O3S. The molecule has 3 heterocycles. The molecule has 1 aliphatic rings. The van der Waals surface area contributed by atoms with E-state index in [9.17, 15) is 9.59 Å². The van der Waals surface area contributed by atoms with Crippen LogP contribution >= 0.6 is 12.2 Å². The molecule has 0 aliphatic carbocycles. The van der Waals surface area contributed by atoms with Crippen molar-refractivity contribution in [3.63, 3.8) is 0 Å². The standard InChI is InChI=1S/C32H37N5O3S/c1-5-6-11-28-33-22(4)27(18-29(41)37-20(2)12-13-21(37)3)31(38)36(28)19-23-14-16-24(17-15-23)25-9-7-8-10-26(25)30-34-32(39)40-35-30/h7-10,14-17,20-21H,5-6,11-13,18-19H2,1-4H3,(H,34,35,39)/t20-,21-/m1/s1. The summed E-state index contributed by atoms with van der Waals surface area (Å²) in [5.74, 6) is 0.609. The minimum atomic E-state index is -0.592. The van der Waals surface area contributed by atoms with Crippen LogP contribution in [0.15, 0.2) is 62.6 Å². The molecule has 2 aromatic heterocycles. The number of aromatic nitrogens is 4. The minimum absolute atomic E-state index is 0.00475. The fourth-order valence-electron chi connectivity index (χ4n) is 5.84. The van der Waals surface area contributed by atoms with E-state index in [4.69, 9.17) is 21.7 Å². The second-order valence-electron chi connectivity index (χ2n) is 11.0. The number of hydrogen-bond acceptors (Lipinski definition) is 6. The van der Waals surface area contributed by atoms with Crippen LogP contribution in [-0.2, 0) is 19.4 Å². The van der Waals surface area contributed by atoms with E-state index >= 15 is 0 Å². The largest absolute Gasteiger partial charge is 0.439 e. The normalized spacial score (nSPS) is 16.8. The zero-order chi connectivity index (χ0) is 29.1. The summed E-state index contributed by atoms with van der Waals surface area (Å²) in [5, 5.41) is 3.86. The van der Waals surface area contributed by atoms with Crippen molar-refractivity contribution in [1.82, 2.24) is 24.6 Å². The summed E-state index contributed by atoms with van der Waals surface area (Å²) in [6.45, 7) is 8.93. The number of benzene rings is 2. The van der Waals surface area contributed by atoms with Gasteiger partial charge in [0.2, 0.25) is 0 Å². The third-order valence-corrected chi connectivity index (χ3v) is 8.45. The van der Waals surface area contributed by atoms with Crippen LogP contribution < -0.4 is 11.3 Å². The molecule has 2 aromatic carbocycles. The first-order chi connectivity index (χ1) is 19.8. The van der Waals surface area contributed by atoms with Crippen LogP contribution in [0.1, 0.15) is 69.1 Å². The molecule has 41 heavy (non-hydrogen) atoms. The van der Waals surface area contributed by atoms with Gasteiger partial charge in [0.1, 0.15) is 5.82 Å². The van der Waals surface area contributed by atoms with Crippen LogP contribution in [0.25, 0.3) is 22.5 Å². The highest BCUT2D eigenvalue weighted by molar-refractivity contribution is 7.80. The van der Waals surface area contributed by atoms with Crippen molar-refractivity contribution in [2.24, 2.45) is 0 Å². The maximum absolute atomic E-state index is 14.0. The highest BCUT2D eigenvalue weighted by atomic mass is 32.1. The third-order valence-electron chi connectivity index (χ3n) is 8.10. The number of hydrogen-bond donors (Lipinski definition) is 1. The van der Waals surface area contributed by atoms with Crippen LogP contribution in [0, 0.1) is 6.92 Å². The Bertz CT molecular complexity index is 1640. The van der Waals surface area contributed by atoms with Gasteiger partial charge in [-0.05, 0) is 56.7 Å². The molecule has 9 heteroatoms. The van der Waals surface area contributed by atoms with Crippen molar-refractivity contribution in [3.05, 3.63) is 92.1 Å². The SMILES string of the molecule is CCCCc1nc(C)c(CC(=S)N2[C@H](C)CC[C@H]2C)c(=O)n1Cc1ccc(-c2ccccc2-c2noc(=O)[nH]2)cc1. The zero-order valence-corrected chi connectivity index (χ0v) is 25.0. The van der Waals surface area contributed by atoms with Crippen LogP contribution in [0.5, 0.6) is 0 Å². The van der Waals surface area contributed by atoms with Crippen LogP contribution in [0.2, 0.25) is 0 Å². The molecule has 4 aromatic rings. The average Bonchev–Trinajstić information content (AvgIpc) is 3.56. The Morgan fingerprint density at radius 1 is 1.05 bits per heavy atom. The van der Waals surface area contributed by atoms with E-state index in [-0.39, 0.29) is 5.56 Å². The molecule has 0 spiro atoms. The van der Waals surface area contributed by atoms with Crippen molar-refractivity contribution < 1.29 is 4.52 Å². The highest BCUT2D eigenvalue weighted by Crippen LogP contribution is 2.30. The molecule has 1 fully saturated rings. The van der Waals surface area contributed by atoms with Crippen molar-refractivity contribution in [3.8, 4) is 22.5 Å². The quantitative estimate of drug-likeness (QED) is 0.258. The number of thiocarbonyl (C=S) groups is 1. The van der Waals surface area contributed by atoms with Crippen LogP contribution in [-0.4, -0.2) is 41.7 Å². The molecule has 1 aliphatic heterocycles. The average molecular weight is 572 g/mol. The lowest BCUT2D eigenvalue weighted by atomic mass is 9.98. The van der Waals surface area contributed by atoms with E-state index in [0.717, 1.165) is 70.9 Å². The first-order valence-electron chi connectivity index (χ1n) is 14.4. The second-order valence-corrected chi connectivity index (χ2v) is 11.5. The van der Waals surface area contributed by atoms with Gasteiger partial charge in [-0.2, -0.15) is 0 Å². The highest BCUT2D eigenvalue weighted by Gasteiger charge is 2.30. The third kappa shape index (κ3) is 6.10. The number of unbranched alkanes of at least 4 members (excludes halogenated alkanes) is 1. The molecule has 0 amide bonds. The van der Waals surface area contributed by atoms with Gasteiger partial charge in [0.05, 0.1) is 11.5 Å². The lowest BCUT2D eigenvalue weighted by Crippen LogP contribution is -2.40. The lowest BCUT2D eigenvalue weighted by Gasteiger charge is -2.29. The van der Waals surface area contributed by atoms with Crippen molar-refractivity contribution in [2.45, 2.75) is 84.8 Å². The van der Waals surface area contributed by atoms with Crippen LogP contribution in [0.4, 0.5) is 0 Å². The van der Waals surface area contributed by atoms with Gasteiger partial charge < -0.3 is 4.90 Å². The van der Waals surface area contributed by atoms with E-state index < -0.39 is 5.76 Å². The topological polar surface area (TPSA) is 97.0 Å². The van der Waals surface area contributed by atoms with E-state index in [1.54, 1.807) is 0 Å². The van der Waals surface area contributed by atoms with Crippen LogP contribution in [0.3, 0.4) is 0 Å². The fourth-order valence-corrected chi connectivity index (χ4v) is 6.34. The summed E-state index contributed by atoms with van der Waals surface area (Å²) in [7, 11) is 0. The smallest absolute Gasteiger partial charge is 0.360 e. The molecule has 8 nitrogen and oxygen atoms in total. The summed E-state index contributed by atoms with van der Waals surface area (Å²) in [5.41, 5.74) is 5.12. The van der Waals surface area contributed by atoms with E-state index in [0.29, 0.717) is 36.4 Å². The molecule has 1 N–H and O–H groups in total. The van der Waals surface area contributed by atoms with Crippen molar-refractivity contribution >= 4 is 17.2 Å². The molecule has 0 saturated carbocycles. The Hall–Kier alpha value is -3.85. The van der Waals surface area contributed by atoms with Gasteiger partial charge in [0.15, 0.2) is 5.82 Å². The zero-order valence-electron chi connectivity index (χ0n) is 24.1. The lowest BCUT2D eigenvalue weighted by molar-refractivity contribution is 0.346. The predicted octanol–water partition coefficient (Wildman–Crippen LogP) is 5.70. The number of aryl methyl sites for hydroxylation is 2. The van der Waals surface area contributed by atoms with Gasteiger partial charge in [-0.3, -0.25) is 18.9 Å². The second kappa shape index (κ2) is 12.3. The first-order valence-corrected chi connectivity index (χ1v) is 14.8. The van der Waals surface area contributed by atoms with E-state index in [1.807, 2.05) is 60.0 Å². The molecule has 5 rings (SSSR count). The molecule has 0 radical (unpaired) electrons. The monoisotopic (exact) mass is 571 g/mol. The fraction of sp³-hybridized carbons (Fsp3) is 0.406. The molecule has 0 unspecified atom stereocenters. The van der Waals surface area contributed by atoms with Gasteiger partial charge in [-0.1, -0.05) is 79.3 Å². The Morgan fingerprint density at radius 2 is 1.73 bits per heavy atom. The number of rotatable bonds is 9. The Kier molecular flexibility index (Phi) is 8.63. The Labute approximate surface area is 245 Å². The van der Waals surface area contributed by atoms with Crippen molar-refractivity contribution in [2.75, 3.05) is 0 Å².